The molecular weight excluding hydrogens is 276 g/mol. The van der Waals surface area contributed by atoms with Crippen molar-refractivity contribution in [3.8, 4) is 0 Å². The quantitative estimate of drug-likeness (QED) is 0.499. The Morgan fingerprint density at radius 2 is 2.00 bits per heavy atom. The number of urea groups is 1. The largest absolute Gasteiger partial charge is 0.481 e. The minimum atomic E-state index is -0.914. The van der Waals surface area contributed by atoms with E-state index in [1.807, 2.05) is 13.8 Å². The second-order valence-corrected chi connectivity index (χ2v) is 5.49. The maximum atomic E-state index is 11.9. The Hall–Kier alpha value is -2.05. The van der Waals surface area contributed by atoms with Crippen LogP contribution in [0, 0.1) is 11.8 Å². The molecule has 1 aliphatic rings. The second kappa shape index (κ2) is 7.66. The normalized spacial score (nSPS) is 21.9. The van der Waals surface area contributed by atoms with E-state index in [9.17, 15) is 14.4 Å². The summed E-state index contributed by atoms with van der Waals surface area (Å²) in [6.07, 6.45) is 3.99. The summed E-state index contributed by atoms with van der Waals surface area (Å²) in [6.45, 7) is 3.87. The van der Waals surface area contributed by atoms with Gasteiger partial charge in [0, 0.05) is 0 Å². The SMILES string of the molecule is COC(=O)C(CC(C)C)NC(=O)NC1C=CC(C(=O)O)C1. The molecule has 7 heteroatoms. The van der Waals surface area contributed by atoms with Gasteiger partial charge >= 0.3 is 18.0 Å². The number of hydrogen-bond donors (Lipinski definition) is 3. The second-order valence-electron chi connectivity index (χ2n) is 5.49. The first-order chi connectivity index (χ1) is 9.83. The number of carbonyl (C=O) groups excluding carboxylic acids is 2. The van der Waals surface area contributed by atoms with Crippen LogP contribution in [0.5, 0.6) is 0 Å². The molecule has 0 fully saturated rings. The van der Waals surface area contributed by atoms with Gasteiger partial charge in [-0.3, -0.25) is 4.79 Å². The molecule has 2 amide bonds. The number of ether oxygens (including phenoxy) is 1. The first-order valence-corrected chi connectivity index (χ1v) is 6.89. The van der Waals surface area contributed by atoms with Gasteiger partial charge in [-0.1, -0.05) is 26.0 Å². The van der Waals surface area contributed by atoms with Crippen LogP contribution in [0.1, 0.15) is 26.7 Å². The van der Waals surface area contributed by atoms with Gasteiger partial charge in [0.2, 0.25) is 0 Å². The molecular formula is C14H22N2O5. The van der Waals surface area contributed by atoms with Gasteiger partial charge in [-0.2, -0.15) is 0 Å². The summed E-state index contributed by atoms with van der Waals surface area (Å²) in [5, 5.41) is 14.1. The van der Waals surface area contributed by atoms with Gasteiger partial charge in [0.15, 0.2) is 0 Å². The highest BCUT2D eigenvalue weighted by molar-refractivity contribution is 5.84. The molecule has 0 aliphatic heterocycles. The van der Waals surface area contributed by atoms with Crippen LogP contribution in [0.25, 0.3) is 0 Å². The van der Waals surface area contributed by atoms with Gasteiger partial charge in [0.25, 0.3) is 0 Å². The van der Waals surface area contributed by atoms with Gasteiger partial charge in [0.05, 0.1) is 19.1 Å². The van der Waals surface area contributed by atoms with E-state index in [-0.39, 0.29) is 12.0 Å². The third-order valence-electron chi connectivity index (χ3n) is 3.22. The highest BCUT2D eigenvalue weighted by Gasteiger charge is 2.27. The van der Waals surface area contributed by atoms with E-state index in [4.69, 9.17) is 5.11 Å². The molecule has 1 aliphatic carbocycles. The van der Waals surface area contributed by atoms with Crippen molar-refractivity contribution < 1.29 is 24.2 Å². The lowest BCUT2D eigenvalue weighted by Crippen LogP contribution is -2.49. The Bertz CT molecular complexity index is 433. The average molecular weight is 298 g/mol. The van der Waals surface area contributed by atoms with Crippen LogP contribution in [-0.4, -0.2) is 42.3 Å². The van der Waals surface area contributed by atoms with E-state index in [1.165, 1.54) is 7.11 Å². The molecule has 21 heavy (non-hydrogen) atoms. The van der Waals surface area contributed by atoms with Crippen LogP contribution in [0.15, 0.2) is 12.2 Å². The van der Waals surface area contributed by atoms with Gasteiger partial charge in [-0.25, -0.2) is 9.59 Å². The predicted molar refractivity (Wildman–Crippen MR) is 75.6 cm³/mol. The Kier molecular flexibility index (Phi) is 6.20. The van der Waals surface area contributed by atoms with Gasteiger partial charge in [0.1, 0.15) is 6.04 Å². The Balaban J connectivity index is 2.49. The summed E-state index contributed by atoms with van der Waals surface area (Å²) < 4.78 is 4.66. The summed E-state index contributed by atoms with van der Waals surface area (Å²) in [4.78, 5) is 34.3. The summed E-state index contributed by atoms with van der Waals surface area (Å²) in [7, 11) is 1.27. The number of nitrogens with one attached hydrogen (secondary N) is 2. The zero-order valence-corrected chi connectivity index (χ0v) is 12.5. The van der Waals surface area contributed by atoms with Gasteiger partial charge < -0.3 is 20.5 Å². The standard InChI is InChI=1S/C14H22N2O5/c1-8(2)6-11(13(19)21-3)16-14(20)15-10-5-4-9(7-10)12(17)18/h4-5,8-11H,6-7H2,1-3H3,(H,17,18)(H2,15,16,20). The zero-order chi connectivity index (χ0) is 16.0. The van der Waals surface area contributed by atoms with Crippen LogP contribution in [0.4, 0.5) is 4.79 Å². The molecule has 0 heterocycles. The van der Waals surface area contributed by atoms with Crippen molar-refractivity contribution in [2.45, 2.75) is 38.8 Å². The average Bonchev–Trinajstić information content (AvgIpc) is 2.85. The first-order valence-electron chi connectivity index (χ1n) is 6.89. The lowest BCUT2D eigenvalue weighted by molar-refractivity contribution is -0.143. The highest BCUT2D eigenvalue weighted by atomic mass is 16.5. The Labute approximate surface area is 123 Å². The highest BCUT2D eigenvalue weighted by Crippen LogP contribution is 2.17. The molecule has 0 bridgehead atoms. The maximum Gasteiger partial charge on any atom is 0.328 e. The molecule has 3 unspecified atom stereocenters. The molecule has 0 aromatic rings. The molecule has 3 N–H and O–H groups in total. The number of methoxy groups -OCH3 is 1. The lowest BCUT2D eigenvalue weighted by atomic mass is 10.0. The number of carboxylic acid groups (broad SMARTS) is 1. The van der Waals surface area contributed by atoms with E-state index < -0.39 is 29.9 Å². The molecule has 118 valence electrons. The zero-order valence-electron chi connectivity index (χ0n) is 12.5. The number of rotatable bonds is 6. The topological polar surface area (TPSA) is 105 Å². The fourth-order valence-electron chi connectivity index (χ4n) is 2.19. The van der Waals surface area contributed by atoms with Crippen LogP contribution in [0.3, 0.4) is 0 Å². The van der Waals surface area contributed by atoms with Crippen LogP contribution in [0.2, 0.25) is 0 Å². The summed E-state index contributed by atoms with van der Waals surface area (Å²) in [5.74, 6) is -1.77. The maximum absolute atomic E-state index is 11.9. The monoisotopic (exact) mass is 298 g/mol. The molecule has 3 atom stereocenters. The molecule has 1 rings (SSSR count). The van der Waals surface area contributed by atoms with Crippen LogP contribution >= 0.6 is 0 Å². The summed E-state index contributed by atoms with van der Waals surface area (Å²) in [5.41, 5.74) is 0. The number of carboxylic acids is 1. The smallest absolute Gasteiger partial charge is 0.328 e. The minimum Gasteiger partial charge on any atom is -0.481 e. The first kappa shape index (κ1) is 17.0. The van der Waals surface area contributed by atoms with Crippen molar-refractivity contribution in [1.29, 1.82) is 0 Å². The van der Waals surface area contributed by atoms with Crippen molar-refractivity contribution in [1.82, 2.24) is 10.6 Å². The fraction of sp³-hybridized carbons (Fsp3) is 0.643. The Morgan fingerprint density at radius 1 is 1.33 bits per heavy atom. The molecule has 0 radical (unpaired) electrons. The van der Waals surface area contributed by atoms with Crippen molar-refractivity contribution in [2.75, 3.05) is 7.11 Å². The molecule has 0 saturated heterocycles. The molecule has 0 aromatic heterocycles. The number of hydrogen-bond acceptors (Lipinski definition) is 4. The van der Waals surface area contributed by atoms with Gasteiger partial charge in [-0.15, -0.1) is 0 Å². The van der Waals surface area contributed by atoms with Gasteiger partial charge in [-0.05, 0) is 18.8 Å². The molecule has 7 nitrogen and oxygen atoms in total. The van der Waals surface area contributed by atoms with E-state index >= 15 is 0 Å². The minimum absolute atomic E-state index is 0.220. The van der Waals surface area contributed by atoms with E-state index in [2.05, 4.69) is 15.4 Å². The van der Waals surface area contributed by atoms with Crippen molar-refractivity contribution in [2.24, 2.45) is 11.8 Å². The predicted octanol–water partition coefficient (Wildman–Crippen LogP) is 0.903. The van der Waals surface area contributed by atoms with Crippen LogP contribution in [-0.2, 0) is 14.3 Å². The third-order valence-corrected chi connectivity index (χ3v) is 3.22. The summed E-state index contributed by atoms with van der Waals surface area (Å²) >= 11 is 0. The lowest BCUT2D eigenvalue weighted by Gasteiger charge is -2.20. The molecule has 0 spiro atoms. The third kappa shape index (κ3) is 5.45. The summed E-state index contributed by atoms with van der Waals surface area (Å²) in [6, 6.07) is -1.56. The van der Waals surface area contributed by atoms with E-state index in [1.54, 1.807) is 12.2 Å². The van der Waals surface area contributed by atoms with Crippen molar-refractivity contribution in [3.63, 3.8) is 0 Å². The molecule has 0 saturated carbocycles. The van der Waals surface area contributed by atoms with Crippen molar-refractivity contribution in [3.05, 3.63) is 12.2 Å². The van der Waals surface area contributed by atoms with E-state index in [0.717, 1.165) is 0 Å². The van der Waals surface area contributed by atoms with E-state index in [0.29, 0.717) is 12.8 Å². The van der Waals surface area contributed by atoms with Crippen LogP contribution < -0.4 is 10.6 Å². The Morgan fingerprint density at radius 3 is 2.48 bits per heavy atom. The number of esters is 1. The number of carbonyl (C=O) groups is 3. The van der Waals surface area contributed by atoms with Crippen molar-refractivity contribution >= 4 is 18.0 Å². The molecule has 0 aromatic carbocycles. The number of amides is 2. The fourth-order valence-corrected chi connectivity index (χ4v) is 2.19. The number of aliphatic carboxylic acids is 1.